The molecule has 0 aromatic heterocycles. The maximum Gasteiger partial charge on any atom is 0.119 e. The molecule has 16 heavy (non-hydrogen) atoms. The van der Waals surface area contributed by atoms with Gasteiger partial charge in [0.1, 0.15) is 5.75 Å². The van der Waals surface area contributed by atoms with E-state index in [1.54, 1.807) is 0 Å². The van der Waals surface area contributed by atoms with Crippen LogP contribution in [-0.4, -0.2) is 12.6 Å². The molecule has 1 heterocycles. The van der Waals surface area contributed by atoms with E-state index in [-0.39, 0.29) is 6.10 Å². The van der Waals surface area contributed by atoms with Crippen molar-refractivity contribution in [1.29, 1.82) is 0 Å². The Morgan fingerprint density at radius 1 is 1.25 bits per heavy atom. The van der Waals surface area contributed by atoms with Crippen molar-refractivity contribution in [1.82, 2.24) is 5.32 Å². The van der Waals surface area contributed by atoms with Crippen LogP contribution in [0.3, 0.4) is 0 Å². The lowest BCUT2D eigenvalue weighted by Gasteiger charge is -2.46. The number of benzene rings is 1. The second kappa shape index (κ2) is 4.10. The zero-order chi connectivity index (χ0) is 11.8. The van der Waals surface area contributed by atoms with Gasteiger partial charge in [0.2, 0.25) is 0 Å². The first kappa shape index (κ1) is 11.5. The van der Waals surface area contributed by atoms with E-state index in [9.17, 15) is 0 Å². The molecular formula is C14H21NO. The third-order valence-corrected chi connectivity index (χ3v) is 3.13. The lowest BCUT2D eigenvalue weighted by Crippen LogP contribution is -2.52. The Morgan fingerprint density at radius 3 is 2.25 bits per heavy atom. The summed E-state index contributed by atoms with van der Waals surface area (Å²) in [6.45, 7) is 9.79. The van der Waals surface area contributed by atoms with Gasteiger partial charge in [-0.1, -0.05) is 26.0 Å². The molecule has 0 aliphatic carbocycles. The van der Waals surface area contributed by atoms with Crippen LogP contribution in [0.2, 0.25) is 0 Å². The molecule has 1 unspecified atom stereocenters. The Kier molecular flexibility index (Phi) is 2.94. The molecule has 1 aromatic carbocycles. The fraction of sp³-hybridized carbons (Fsp3) is 0.571. The molecule has 1 fully saturated rings. The number of nitrogens with one attached hydrogen (secondary N) is 1. The van der Waals surface area contributed by atoms with Crippen LogP contribution >= 0.6 is 0 Å². The maximum absolute atomic E-state index is 5.63. The summed E-state index contributed by atoms with van der Waals surface area (Å²) < 4.78 is 5.63. The Bertz CT molecular complexity index is 354. The van der Waals surface area contributed by atoms with Crippen LogP contribution in [0.5, 0.6) is 5.75 Å². The Balaban J connectivity index is 2.08. The number of ether oxygens (including phenoxy) is 1. The van der Waals surface area contributed by atoms with Crippen LogP contribution in [0.25, 0.3) is 0 Å². The molecule has 88 valence electrons. The molecular weight excluding hydrogens is 198 g/mol. The van der Waals surface area contributed by atoms with E-state index in [4.69, 9.17) is 4.74 Å². The minimum Gasteiger partial charge on any atom is -0.491 e. The molecule has 1 aliphatic rings. The van der Waals surface area contributed by atoms with E-state index < -0.39 is 0 Å². The monoisotopic (exact) mass is 219 g/mol. The first-order valence-electron chi connectivity index (χ1n) is 5.99. The lowest BCUT2D eigenvalue weighted by molar-refractivity contribution is 0.128. The second-order valence-corrected chi connectivity index (χ2v) is 5.54. The molecule has 2 nitrogen and oxygen atoms in total. The van der Waals surface area contributed by atoms with Crippen molar-refractivity contribution in [2.75, 3.05) is 6.54 Å². The van der Waals surface area contributed by atoms with E-state index in [1.807, 2.05) is 13.8 Å². The summed E-state index contributed by atoms with van der Waals surface area (Å²) in [6, 6.07) is 8.93. The van der Waals surface area contributed by atoms with Gasteiger partial charge < -0.3 is 10.1 Å². The Labute approximate surface area is 98.0 Å². The summed E-state index contributed by atoms with van der Waals surface area (Å²) in [4.78, 5) is 0. The van der Waals surface area contributed by atoms with Gasteiger partial charge in [-0.3, -0.25) is 0 Å². The standard InChI is InChI=1S/C14H21NO/c1-10(2)16-12-7-5-11(6-8-12)13-14(3,4)9-15-13/h5-8,10,13,15H,9H2,1-4H3. The molecule has 1 atom stereocenters. The van der Waals surface area contributed by atoms with Gasteiger partial charge in [-0.25, -0.2) is 0 Å². The Hall–Kier alpha value is -1.02. The van der Waals surface area contributed by atoms with E-state index in [0.717, 1.165) is 12.3 Å². The van der Waals surface area contributed by atoms with Crippen molar-refractivity contribution < 1.29 is 4.74 Å². The molecule has 2 heteroatoms. The third kappa shape index (κ3) is 2.22. The van der Waals surface area contributed by atoms with E-state index in [2.05, 4.69) is 43.4 Å². The highest BCUT2D eigenvalue weighted by Crippen LogP contribution is 2.40. The van der Waals surface area contributed by atoms with Crippen LogP contribution < -0.4 is 10.1 Å². The normalized spacial score (nSPS) is 22.9. The average Bonchev–Trinajstić information content (AvgIpc) is 2.19. The molecule has 0 amide bonds. The van der Waals surface area contributed by atoms with Gasteiger partial charge in [-0.05, 0) is 37.0 Å². The number of hydrogen-bond donors (Lipinski definition) is 1. The highest BCUT2D eigenvalue weighted by atomic mass is 16.5. The molecule has 1 aliphatic heterocycles. The largest absolute Gasteiger partial charge is 0.491 e. The first-order chi connectivity index (χ1) is 7.49. The molecule has 0 radical (unpaired) electrons. The van der Waals surface area contributed by atoms with Gasteiger partial charge in [-0.15, -0.1) is 0 Å². The van der Waals surface area contributed by atoms with Crippen molar-refractivity contribution in [2.24, 2.45) is 5.41 Å². The van der Waals surface area contributed by atoms with Crippen molar-refractivity contribution >= 4 is 0 Å². The zero-order valence-electron chi connectivity index (χ0n) is 10.6. The van der Waals surface area contributed by atoms with Gasteiger partial charge in [0.25, 0.3) is 0 Å². The van der Waals surface area contributed by atoms with Crippen molar-refractivity contribution in [3.05, 3.63) is 29.8 Å². The number of hydrogen-bond acceptors (Lipinski definition) is 2. The van der Waals surface area contributed by atoms with Crippen LogP contribution in [0, 0.1) is 5.41 Å². The van der Waals surface area contributed by atoms with Crippen molar-refractivity contribution in [2.45, 2.75) is 39.8 Å². The number of rotatable bonds is 3. The maximum atomic E-state index is 5.63. The fourth-order valence-corrected chi connectivity index (χ4v) is 2.19. The average molecular weight is 219 g/mol. The highest BCUT2D eigenvalue weighted by Gasteiger charge is 2.38. The molecule has 0 saturated carbocycles. The molecule has 2 rings (SSSR count). The van der Waals surface area contributed by atoms with Gasteiger partial charge in [-0.2, -0.15) is 0 Å². The summed E-state index contributed by atoms with van der Waals surface area (Å²) in [6.07, 6.45) is 0.240. The Morgan fingerprint density at radius 2 is 1.88 bits per heavy atom. The SMILES string of the molecule is CC(C)Oc1ccc(C2NCC2(C)C)cc1. The summed E-state index contributed by atoms with van der Waals surface area (Å²) in [7, 11) is 0. The zero-order valence-corrected chi connectivity index (χ0v) is 10.6. The third-order valence-electron chi connectivity index (χ3n) is 3.13. The van der Waals surface area contributed by atoms with Gasteiger partial charge in [0, 0.05) is 12.6 Å². The van der Waals surface area contributed by atoms with E-state index in [1.165, 1.54) is 5.56 Å². The van der Waals surface area contributed by atoms with Gasteiger partial charge >= 0.3 is 0 Å². The molecule has 0 spiro atoms. The van der Waals surface area contributed by atoms with Crippen LogP contribution in [0.4, 0.5) is 0 Å². The van der Waals surface area contributed by atoms with Gasteiger partial charge in [0.15, 0.2) is 0 Å². The van der Waals surface area contributed by atoms with Crippen molar-refractivity contribution in [3.8, 4) is 5.75 Å². The lowest BCUT2D eigenvalue weighted by atomic mass is 9.74. The van der Waals surface area contributed by atoms with Crippen LogP contribution in [0.15, 0.2) is 24.3 Å². The predicted octanol–water partition coefficient (Wildman–Crippen LogP) is 3.14. The summed E-state index contributed by atoms with van der Waals surface area (Å²) in [5, 5.41) is 3.47. The summed E-state index contributed by atoms with van der Waals surface area (Å²) in [5.74, 6) is 0.955. The van der Waals surface area contributed by atoms with Gasteiger partial charge in [0.05, 0.1) is 6.10 Å². The minimum absolute atomic E-state index is 0.240. The quantitative estimate of drug-likeness (QED) is 0.843. The van der Waals surface area contributed by atoms with E-state index >= 15 is 0 Å². The highest BCUT2D eigenvalue weighted by molar-refractivity contribution is 5.31. The molecule has 1 N–H and O–H groups in total. The summed E-state index contributed by atoms with van der Waals surface area (Å²) in [5.41, 5.74) is 1.73. The molecule has 1 saturated heterocycles. The van der Waals surface area contributed by atoms with E-state index in [0.29, 0.717) is 11.5 Å². The smallest absolute Gasteiger partial charge is 0.119 e. The van der Waals surface area contributed by atoms with Crippen molar-refractivity contribution in [3.63, 3.8) is 0 Å². The predicted molar refractivity (Wildman–Crippen MR) is 66.7 cm³/mol. The first-order valence-corrected chi connectivity index (χ1v) is 5.99. The van der Waals surface area contributed by atoms with Crippen LogP contribution in [-0.2, 0) is 0 Å². The van der Waals surface area contributed by atoms with Crippen LogP contribution in [0.1, 0.15) is 39.3 Å². The fourth-order valence-electron chi connectivity index (χ4n) is 2.19. The second-order valence-electron chi connectivity index (χ2n) is 5.54. The molecule has 0 bridgehead atoms. The minimum atomic E-state index is 0.240. The topological polar surface area (TPSA) is 21.3 Å². The summed E-state index contributed by atoms with van der Waals surface area (Å²) >= 11 is 0. The molecule has 1 aromatic rings.